The van der Waals surface area contributed by atoms with Gasteiger partial charge in [0.25, 0.3) is 0 Å². The Bertz CT molecular complexity index is 550. The lowest BCUT2D eigenvalue weighted by atomic mass is 10.2. The number of pyridine rings is 1. The predicted molar refractivity (Wildman–Crippen MR) is 66.5 cm³/mol. The first-order valence-electron chi connectivity index (χ1n) is 6.09. The highest BCUT2D eigenvalue weighted by atomic mass is 19.1. The van der Waals surface area contributed by atoms with E-state index in [1.165, 1.54) is 12.3 Å². The fourth-order valence-electron chi connectivity index (χ4n) is 1.72. The van der Waals surface area contributed by atoms with E-state index in [9.17, 15) is 9.18 Å². The maximum absolute atomic E-state index is 13.0. The second kappa shape index (κ2) is 5.62. The van der Waals surface area contributed by atoms with E-state index in [0.717, 1.165) is 18.5 Å². The number of hydrogen-bond donors (Lipinski definition) is 1. The van der Waals surface area contributed by atoms with Gasteiger partial charge < -0.3 is 9.72 Å². The predicted octanol–water partition coefficient (Wildman–Crippen LogP) is 2.28. The van der Waals surface area contributed by atoms with E-state index < -0.39 is 0 Å². The van der Waals surface area contributed by atoms with Crippen molar-refractivity contribution in [2.75, 3.05) is 0 Å². The third kappa shape index (κ3) is 3.06. The summed E-state index contributed by atoms with van der Waals surface area (Å²) in [4.78, 5) is 15.7. The number of nitrogens with zero attached hydrogens (tertiary/aromatic N) is 2. The van der Waals surface area contributed by atoms with Gasteiger partial charge in [-0.2, -0.15) is 0 Å². The van der Waals surface area contributed by atoms with Gasteiger partial charge in [-0.15, -0.1) is 0 Å². The van der Waals surface area contributed by atoms with E-state index >= 15 is 0 Å². The van der Waals surface area contributed by atoms with Crippen LogP contribution in [0.3, 0.4) is 0 Å². The molecule has 0 aliphatic rings. The zero-order chi connectivity index (χ0) is 13.0. The van der Waals surface area contributed by atoms with Gasteiger partial charge in [0, 0.05) is 18.8 Å². The highest BCUT2D eigenvalue weighted by Crippen LogP contribution is 2.06. The summed E-state index contributed by atoms with van der Waals surface area (Å²) in [6.07, 6.45) is 5.52. The van der Waals surface area contributed by atoms with Gasteiger partial charge >= 0.3 is 0 Å². The number of nitrogens with one attached hydrogen (secondary N) is 1. The molecular formula is C13H16FN3O. The number of amides is 1. The van der Waals surface area contributed by atoms with Gasteiger partial charge in [0.1, 0.15) is 11.5 Å². The fraction of sp³-hybridized carbons (Fsp3) is 0.385. The Kier molecular flexibility index (Phi) is 3.92. The lowest BCUT2D eigenvalue weighted by Crippen LogP contribution is -2.22. The van der Waals surface area contributed by atoms with Crippen molar-refractivity contribution in [3.05, 3.63) is 36.0 Å². The molecule has 2 rings (SSSR count). The quantitative estimate of drug-likeness (QED) is 0.883. The van der Waals surface area contributed by atoms with Crippen LogP contribution in [0.2, 0.25) is 0 Å². The minimum Gasteiger partial charge on any atom is -0.350 e. The van der Waals surface area contributed by atoms with Crippen molar-refractivity contribution in [2.24, 2.45) is 0 Å². The molecule has 0 aliphatic carbocycles. The van der Waals surface area contributed by atoms with Crippen LogP contribution in [0.5, 0.6) is 0 Å². The Balaban J connectivity index is 1.97. The zero-order valence-corrected chi connectivity index (χ0v) is 10.3. The first-order chi connectivity index (χ1) is 8.69. The van der Waals surface area contributed by atoms with Crippen LogP contribution < -0.4 is 5.32 Å². The number of hydrogen-bond acceptors (Lipinski definition) is 2. The van der Waals surface area contributed by atoms with Gasteiger partial charge in [0.15, 0.2) is 0 Å². The molecule has 0 aromatic carbocycles. The molecule has 0 fully saturated rings. The molecule has 18 heavy (non-hydrogen) atoms. The Morgan fingerprint density at radius 3 is 3.06 bits per heavy atom. The van der Waals surface area contributed by atoms with E-state index in [0.29, 0.717) is 18.6 Å². The molecule has 0 radical (unpaired) electrons. The molecular weight excluding hydrogens is 233 g/mol. The lowest BCUT2D eigenvalue weighted by Gasteiger charge is -2.01. The van der Waals surface area contributed by atoms with Gasteiger partial charge in [0.2, 0.25) is 5.91 Å². The number of unbranched alkanes of at least 4 members (excludes halogenated alkanes) is 1. The van der Waals surface area contributed by atoms with Gasteiger partial charge in [-0.05, 0) is 18.6 Å². The second-order valence-corrected chi connectivity index (χ2v) is 4.23. The van der Waals surface area contributed by atoms with E-state index in [-0.39, 0.29) is 11.7 Å². The largest absolute Gasteiger partial charge is 0.350 e. The monoisotopic (exact) mass is 249 g/mol. The molecule has 2 heterocycles. The van der Waals surface area contributed by atoms with Crippen molar-refractivity contribution in [2.45, 2.75) is 32.7 Å². The lowest BCUT2D eigenvalue weighted by molar-refractivity contribution is -0.121. The maximum Gasteiger partial charge on any atom is 0.220 e. The second-order valence-electron chi connectivity index (χ2n) is 4.23. The molecule has 2 aromatic heterocycles. The third-order valence-electron chi connectivity index (χ3n) is 2.69. The summed E-state index contributed by atoms with van der Waals surface area (Å²) < 4.78 is 14.6. The third-order valence-corrected chi connectivity index (χ3v) is 2.69. The van der Waals surface area contributed by atoms with Crippen molar-refractivity contribution in [1.29, 1.82) is 0 Å². The average molecular weight is 249 g/mol. The van der Waals surface area contributed by atoms with Crippen LogP contribution in [0.25, 0.3) is 5.65 Å². The molecule has 0 bridgehead atoms. The highest BCUT2D eigenvalue weighted by molar-refractivity contribution is 5.75. The molecule has 2 aromatic rings. The van der Waals surface area contributed by atoms with Crippen molar-refractivity contribution in [1.82, 2.24) is 14.7 Å². The summed E-state index contributed by atoms with van der Waals surface area (Å²) in [5.41, 5.74) is 1.40. The smallest absolute Gasteiger partial charge is 0.220 e. The van der Waals surface area contributed by atoms with Crippen LogP contribution in [-0.4, -0.2) is 15.3 Å². The number of fused-ring (bicyclic) bond motifs is 1. The molecule has 4 nitrogen and oxygen atoms in total. The van der Waals surface area contributed by atoms with Gasteiger partial charge in [0.05, 0.1) is 12.2 Å². The Hall–Kier alpha value is -1.91. The minimum absolute atomic E-state index is 0.0279. The van der Waals surface area contributed by atoms with Crippen molar-refractivity contribution >= 4 is 11.6 Å². The number of carbonyl (C=O) groups is 1. The summed E-state index contributed by atoms with van der Waals surface area (Å²) >= 11 is 0. The van der Waals surface area contributed by atoms with Crippen LogP contribution in [0.4, 0.5) is 4.39 Å². The van der Waals surface area contributed by atoms with Crippen LogP contribution in [0.1, 0.15) is 31.9 Å². The van der Waals surface area contributed by atoms with Crippen molar-refractivity contribution < 1.29 is 9.18 Å². The van der Waals surface area contributed by atoms with E-state index in [4.69, 9.17) is 0 Å². The topological polar surface area (TPSA) is 46.4 Å². The Labute approximate surface area is 105 Å². The van der Waals surface area contributed by atoms with Crippen molar-refractivity contribution in [3.63, 3.8) is 0 Å². The first kappa shape index (κ1) is 12.5. The fourth-order valence-corrected chi connectivity index (χ4v) is 1.72. The number of carbonyl (C=O) groups excluding carboxylic acids is 1. The standard InChI is InChI=1S/C13H16FN3O/c1-2-3-4-13(18)15-7-11-9-17-8-10(14)5-6-12(17)16-11/h5-6,8-9H,2-4,7H2,1H3,(H,15,18). The molecule has 1 amide bonds. The van der Waals surface area contributed by atoms with E-state index in [1.807, 2.05) is 6.92 Å². The summed E-state index contributed by atoms with van der Waals surface area (Å²) in [5, 5.41) is 2.80. The molecule has 5 heteroatoms. The van der Waals surface area contributed by atoms with Gasteiger partial charge in [-0.25, -0.2) is 9.37 Å². The summed E-state index contributed by atoms with van der Waals surface area (Å²) in [6, 6.07) is 2.98. The normalized spacial score (nSPS) is 10.8. The maximum atomic E-state index is 13.0. The van der Waals surface area contributed by atoms with Gasteiger partial charge in [-0.3, -0.25) is 4.79 Å². The van der Waals surface area contributed by atoms with E-state index in [2.05, 4.69) is 10.3 Å². The molecule has 0 atom stereocenters. The van der Waals surface area contributed by atoms with Crippen LogP contribution >= 0.6 is 0 Å². The number of aromatic nitrogens is 2. The number of imidazole rings is 1. The van der Waals surface area contributed by atoms with E-state index in [1.54, 1.807) is 16.7 Å². The average Bonchev–Trinajstić information content (AvgIpc) is 2.75. The summed E-state index contributed by atoms with van der Waals surface area (Å²) in [5.74, 6) is -0.279. The van der Waals surface area contributed by atoms with Gasteiger partial charge in [-0.1, -0.05) is 13.3 Å². The Morgan fingerprint density at radius 2 is 2.28 bits per heavy atom. The molecule has 0 unspecified atom stereocenters. The number of rotatable bonds is 5. The molecule has 0 spiro atoms. The first-order valence-corrected chi connectivity index (χ1v) is 6.09. The minimum atomic E-state index is -0.307. The summed E-state index contributed by atoms with van der Waals surface area (Å²) in [6.45, 7) is 2.43. The van der Waals surface area contributed by atoms with Crippen LogP contribution in [-0.2, 0) is 11.3 Å². The van der Waals surface area contributed by atoms with Crippen molar-refractivity contribution in [3.8, 4) is 0 Å². The SMILES string of the molecule is CCCCC(=O)NCc1cn2cc(F)ccc2n1. The molecule has 0 saturated carbocycles. The molecule has 0 saturated heterocycles. The summed E-state index contributed by atoms with van der Waals surface area (Å²) in [7, 11) is 0. The Morgan fingerprint density at radius 1 is 1.44 bits per heavy atom. The molecule has 96 valence electrons. The molecule has 1 N–H and O–H groups in total. The zero-order valence-electron chi connectivity index (χ0n) is 10.3. The van der Waals surface area contributed by atoms with Crippen LogP contribution in [0.15, 0.2) is 24.5 Å². The highest BCUT2D eigenvalue weighted by Gasteiger charge is 2.04. The molecule has 0 aliphatic heterocycles. The number of halogens is 1. The van der Waals surface area contributed by atoms with Crippen LogP contribution in [0, 0.1) is 5.82 Å².